The molecule has 1 amide bonds. The first-order chi connectivity index (χ1) is 13.3. The van der Waals surface area contributed by atoms with E-state index in [4.69, 9.17) is 0 Å². The van der Waals surface area contributed by atoms with Crippen LogP contribution in [0, 0.1) is 0 Å². The number of anilines is 1. The van der Waals surface area contributed by atoms with Crippen molar-refractivity contribution in [2.24, 2.45) is 0 Å². The number of hydrogen-bond donors (Lipinski definition) is 1. The number of nitrogens with zero attached hydrogens (tertiary/aromatic N) is 2. The average Bonchev–Trinajstić information content (AvgIpc) is 3.39. The van der Waals surface area contributed by atoms with E-state index in [0.717, 1.165) is 21.0 Å². The summed E-state index contributed by atoms with van der Waals surface area (Å²) in [5.74, 6) is -0.108. The van der Waals surface area contributed by atoms with Crippen molar-refractivity contribution in [1.29, 1.82) is 0 Å². The molecule has 0 bridgehead atoms. The van der Waals surface area contributed by atoms with Gasteiger partial charge < -0.3 is 0 Å². The molecule has 2 aromatic carbocycles. The quantitative estimate of drug-likeness (QED) is 0.413. The molecule has 1 unspecified atom stereocenters. The van der Waals surface area contributed by atoms with E-state index in [0.29, 0.717) is 5.13 Å². The third-order valence-corrected chi connectivity index (χ3v) is 6.60. The summed E-state index contributed by atoms with van der Waals surface area (Å²) in [7, 11) is 0. The Morgan fingerprint density at radius 1 is 0.963 bits per heavy atom. The molecule has 0 aliphatic carbocycles. The summed E-state index contributed by atoms with van der Waals surface area (Å²) in [6.07, 6.45) is 0. The summed E-state index contributed by atoms with van der Waals surface area (Å²) in [5.41, 5.74) is 1.97. The van der Waals surface area contributed by atoms with Crippen LogP contribution in [0.4, 0.5) is 5.13 Å². The van der Waals surface area contributed by atoms with Crippen molar-refractivity contribution < 1.29 is 4.79 Å². The Morgan fingerprint density at radius 3 is 2.41 bits per heavy atom. The van der Waals surface area contributed by atoms with Crippen LogP contribution in [-0.2, 0) is 4.79 Å². The van der Waals surface area contributed by atoms with Crippen LogP contribution in [0.1, 0.15) is 10.8 Å². The van der Waals surface area contributed by atoms with Crippen LogP contribution in [0.5, 0.6) is 0 Å². The molecule has 2 heterocycles. The highest BCUT2D eigenvalue weighted by atomic mass is 32.2. The molecule has 1 N–H and O–H groups in total. The molecule has 0 spiro atoms. The first-order valence-corrected chi connectivity index (χ1v) is 10.9. The van der Waals surface area contributed by atoms with E-state index in [1.54, 1.807) is 11.3 Å². The number of hydrogen-bond acceptors (Lipinski definition) is 6. The Balaban J connectivity index is 1.55. The Bertz CT molecular complexity index is 1000. The Labute approximate surface area is 169 Å². The zero-order chi connectivity index (χ0) is 18.5. The molecule has 134 valence electrons. The predicted molar refractivity (Wildman–Crippen MR) is 113 cm³/mol. The van der Waals surface area contributed by atoms with Gasteiger partial charge in [0.05, 0.1) is 0 Å². The van der Waals surface area contributed by atoms with Crippen LogP contribution >= 0.6 is 34.4 Å². The third-order valence-electron chi connectivity index (χ3n) is 3.76. The second-order valence-corrected chi connectivity index (χ2v) is 8.57. The standard InChI is InChI=1S/C20H15N3OS3/c24-18(21-20-23-22-19(27-20)15-11-12-25-13-15)17(14-7-3-1-4-8-14)26-16-9-5-2-6-10-16/h1-13,17H,(H,21,23,24). The van der Waals surface area contributed by atoms with Crippen LogP contribution in [0.3, 0.4) is 0 Å². The Hall–Kier alpha value is -2.48. The largest absolute Gasteiger partial charge is 0.299 e. The molecule has 1 atom stereocenters. The van der Waals surface area contributed by atoms with Gasteiger partial charge in [-0.2, -0.15) is 11.3 Å². The van der Waals surface area contributed by atoms with Gasteiger partial charge in [0.15, 0.2) is 0 Å². The van der Waals surface area contributed by atoms with Gasteiger partial charge in [-0.1, -0.05) is 59.9 Å². The first kappa shape index (κ1) is 17.9. The van der Waals surface area contributed by atoms with Crippen LogP contribution in [0.25, 0.3) is 10.6 Å². The lowest BCUT2D eigenvalue weighted by molar-refractivity contribution is -0.115. The van der Waals surface area contributed by atoms with E-state index < -0.39 is 0 Å². The van der Waals surface area contributed by atoms with E-state index in [2.05, 4.69) is 15.5 Å². The summed E-state index contributed by atoms with van der Waals surface area (Å²) >= 11 is 4.51. The van der Waals surface area contributed by atoms with Gasteiger partial charge in [-0.05, 0) is 29.1 Å². The zero-order valence-corrected chi connectivity index (χ0v) is 16.6. The number of aromatic nitrogens is 2. The maximum Gasteiger partial charge on any atom is 0.244 e. The fourth-order valence-electron chi connectivity index (χ4n) is 2.48. The molecule has 7 heteroatoms. The highest BCUT2D eigenvalue weighted by Crippen LogP contribution is 2.36. The molecule has 0 aliphatic rings. The maximum absolute atomic E-state index is 13.0. The summed E-state index contributed by atoms with van der Waals surface area (Å²) in [5, 5.41) is 16.2. The van der Waals surface area contributed by atoms with Crippen molar-refractivity contribution in [1.82, 2.24) is 10.2 Å². The van der Waals surface area contributed by atoms with Gasteiger partial charge in [-0.3, -0.25) is 10.1 Å². The molecule has 0 saturated carbocycles. The lowest BCUT2D eigenvalue weighted by Gasteiger charge is -2.16. The van der Waals surface area contributed by atoms with Crippen molar-refractivity contribution in [3.8, 4) is 10.6 Å². The van der Waals surface area contributed by atoms with E-state index in [9.17, 15) is 4.79 Å². The Morgan fingerprint density at radius 2 is 1.70 bits per heavy atom. The van der Waals surface area contributed by atoms with Crippen molar-refractivity contribution in [3.05, 3.63) is 83.1 Å². The van der Waals surface area contributed by atoms with Crippen molar-refractivity contribution in [3.63, 3.8) is 0 Å². The summed E-state index contributed by atoms with van der Waals surface area (Å²) in [4.78, 5) is 14.1. The molecule has 0 radical (unpaired) electrons. The molecular weight excluding hydrogens is 394 g/mol. The highest BCUT2D eigenvalue weighted by molar-refractivity contribution is 8.00. The fourth-order valence-corrected chi connectivity index (χ4v) is 4.99. The smallest absolute Gasteiger partial charge is 0.244 e. The molecule has 4 rings (SSSR count). The van der Waals surface area contributed by atoms with Crippen LogP contribution in [0.2, 0.25) is 0 Å². The second kappa shape index (κ2) is 8.47. The lowest BCUT2D eigenvalue weighted by atomic mass is 10.1. The topological polar surface area (TPSA) is 54.9 Å². The van der Waals surface area contributed by atoms with Crippen molar-refractivity contribution in [2.45, 2.75) is 10.1 Å². The van der Waals surface area contributed by atoms with Crippen molar-refractivity contribution in [2.75, 3.05) is 5.32 Å². The third kappa shape index (κ3) is 4.44. The molecule has 2 aromatic heterocycles. The second-order valence-electron chi connectivity index (χ2n) is 5.64. The molecular formula is C20H15N3OS3. The van der Waals surface area contributed by atoms with E-state index in [-0.39, 0.29) is 11.2 Å². The minimum absolute atomic E-state index is 0.108. The summed E-state index contributed by atoms with van der Waals surface area (Å²) < 4.78 is 0. The minimum Gasteiger partial charge on any atom is -0.299 e. The van der Waals surface area contributed by atoms with Gasteiger partial charge >= 0.3 is 0 Å². The van der Waals surface area contributed by atoms with Gasteiger partial charge in [0, 0.05) is 15.8 Å². The van der Waals surface area contributed by atoms with E-state index in [1.807, 2.05) is 77.5 Å². The van der Waals surface area contributed by atoms with Crippen LogP contribution < -0.4 is 5.32 Å². The SMILES string of the molecule is O=C(Nc1nnc(-c2ccsc2)s1)C(Sc1ccccc1)c1ccccc1. The number of carbonyl (C=O) groups is 1. The number of nitrogens with one attached hydrogen (secondary N) is 1. The lowest BCUT2D eigenvalue weighted by Crippen LogP contribution is -2.18. The average molecular weight is 410 g/mol. The normalized spacial score (nSPS) is 11.9. The zero-order valence-electron chi connectivity index (χ0n) is 14.1. The molecule has 0 aliphatic heterocycles. The van der Waals surface area contributed by atoms with Crippen LogP contribution in [-0.4, -0.2) is 16.1 Å². The maximum atomic E-state index is 13.0. The number of thiophene rings is 1. The van der Waals surface area contributed by atoms with E-state index >= 15 is 0 Å². The molecule has 0 fully saturated rings. The minimum atomic E-state index is -0.373. The van der Waals surface area contributed by atoms with Gasteiger partial charge in [-0.25, -0.2) is 0 Å². The van der Waals surface area contributed by atoms with Gasteiger partial charge in [0.2, 0.25) is 11.0 Å². The van der Waals surface area contributed by atoms with Crippen molar-refractivity contribution >= 4 is 45.5 Å². The Kier molecular flexibility index (Phi) is 5.62. The number of carbonyl (C=O) groups excluding carboxylic acids is 1. The number of rotatable bonds is 6. The van der Waals surface area contributed by atoms with Gasteiger partial charge in [0.1, 0.15) is 10.3 Å². The number of thioether (sulfide) groups is 1. The number of benzene rings is 2. The molecule has 4 nitrogen and oxygen atoms in total. The number of amides is 1. The predicted octanol–water partition coefficient (Wildman–Crippen LogP) is 5.74. The first-order valence-electron chi connectivity index (χ1n) is 8.23. The monoisotopic (exact) mass is 409 g/mol. The van der Waals surface area contributed by atoms with Crippen LogP contribution in [0.15, 0.2) is 82.4 Å². The van der Waals surface area contributed by atoms with Gasteiger partial charge in [0.25, 0.3) is 0 Å². The van der Waals surface area contributed by atoms with E-state index in [1.165, 1.54) is 23.1 Å². The molecule has 0 saturated heterocycles. The summed E-state index contributed by atoms with van der Waals surface area (Å²) in [6, 6.07) is 21.7. The molecule has 4 aromatic rings. The molecule has 27 heavy (non-hydrogen) atoms. The van der Waals surface area contributed by atoms with Gasteiger partial charge in [-0.15, -0.1) is 22.0 Å². The fraction of sp³-hybridized carbons (Fsp3) is 0.0500. The summed E-state index contributed by atoms with van der Waals surface area (Å²) in [6.45, 7) is 0. The highest BCUT2D eigenvalue weighted by Gasteiger charge is 2.23.